The molecule has 3 N–H and O–H groups in total. The second-order valence-electron chi connectivity index (χ2n) is 6.94. The first-order chi connectivity index (χ1) is 14.6. The van der Waals surface area contributed by atoms with Crippen LogP contribution in [0.15, 0.2) is 59.4 Å². The summed E-state index contributed by atoms with van der Waals surface area (Å²) in [6, 6.07) is 17.4. The number of aryl methyl sites for hydroxylation is 1. The van der Waals surface area contributed by atoms with Gasteiger partial charge in [0.2, 0.25) is 5.95 Å². The molecule has 0 atom stereocenters. The minimum atomic E-state index is -0.209. The van der Waals surface area contributed by atoms with Gasteiger partial charge in [-0.25, -0.2) is 4.98 Å². The Labute approximate surface area is 173 Å². The summed E-state index contributed by atoms with van der Waals surface area (Å²) < 4.78 is 6.77. The Morgan fingerprint density at radius 2 is 1.77 bits per heavy atom. The van der Waals surface area contributed by atoms with Crippen molar-refractivity contribution in [2.24, 2.45) is 0 Å². The van der Waals surface area contributed by atoms with Crippen molar-refractivity contribution in [1.29, 1.82) is 0 Å². The van der Waals surface area contributed by atoms with Crippen LogP contribution in [0.2, 0.25) is 0 Å². The minimum Gasteiger partial charge on any atom is -0.494 e. The fourth-order valence-electron chi connectivity index (χ4n) is 3.02. The van der Waals surface area contributed by atoms with Crippen molar-refractivity contribution in [2.45, 2.75) is 26.9 Å². The van der Waals surface area contributed by atoms with Gasteiger partial charge in [0, 0.05) is 18.3 Å². The van der Waals surface area contributed by atoms with Crippen LogP contribution in [0.3, 0.4) is 0 Å². The summed E-state index contributed by atoms with van der Waals surface area (Å²) in [7, 11) is 0. The second-order valence-corrected chi connectivity index (χ2v) is 6.94. The van der Waals surface area contributed by atoms with Gasteiger partial charge in [-0.05, 0) is 43.7 Å². The van der Waals surface area contributed by atoms with E-state index in [0.717, 1.165) is 17.0 Å². The van der Waals surface area contributed by atoms with Gasteiger partial charge in [-0.1, -0.05) is 29.8 Å². The fraction of sp³-hybridized carbons (Fsp3) is 0.227. The predicted octanol–water partition coefficient (Wildman–Crippen LogP) is 3.35. The molecule has 0 unspecified atom stereocenters. The number of benzene rings is 2. The van der Waals surface area contributed by atoms with Crippen molar-refractivity contribution in [1.82, 2.24) is 19.6 Å². The van der Waals surface area contributed by atoms with Crippen molar-refractivity contribution in [3.8, 4) is 5.75 Å². The number of aromatic nitrogens is 4. The molecule has 0 saturated carbocycles. The third-order valence-electron chi connectivity index (χ3n) is 4.60. The molecule has 0 fully saturated rings. The van der Waals surface area contributed by atoms with E-state index >= 15 is 0 Å². The lowest BCUT2D eigenvalue weighted by atomic mass is 10.1. The van der Waals surface area contributed by atoms with Crippen molar-refractivity contribution in [3.05, 3.63) is 81.8 Å². The van der Waals surface area contributed by atoms with Gasteiger partial charge in [0.15, 0.2) is 0 Å². The van der Waals surface area contributed by atoms with Gasteiger partial charge in [0.05, 0.1) is 18.8 Å². The quantitative estimate of drug-likeness (QED) is 0.417. The number of anilines is 2. The summed E-state index contributed by atoms with van der Waals surface area (Å²) in [5.41, 5.74) is 3.67. The molecule has 2 aromatic heterocycles. The first-order valence-electron chi connectivity index (χ1n) is 9.85. The number of nitrogens with one attached hydrogen (secondary N) is 3. The van der Waals surface area contributed by atoms with Gasteiger partial charge in [-0.2, -0.15) is 9.50 Å². The van der Waals surface area contributed by atoms with Gasteiger partial charge in [0.25, 0.3) is 11.3 Å². The van der Waals surface area contributed by atoms with E-state index in [1.54, 1.807) is 0 Å². The molecular weight excluding hydrogens is 380 g/mol. The Morgan fingerprint density at radius 1 is 1.00 bits per heavy atom. The molecule has 0 aliphatic rings. The summed E-state index contributed by atoms with van der Waals surface area (Å²) in [6.45, 7) is 5.65. The van der Waals surface area contributed by atoms with E-state index < -0.39 is 0 Å². The van der Waals surface area contributed by atoms with Crippen LogP contribution < -0.4 is 20.9 Å². The van der Waals surface area contributed by atoms with Gasteiger partial charge >= 0.3 is 0 Å². The highest BCUT2D eigenvalue weighted by molar-refractivity contribution is 5.47. The molecule has 30 heavy (non-hydrogen) atoms. The molecule has 0 radical (unpaired) electrons. The topological polar surface area (TPSA) is 96.3 Å². The molecule has 0 aliphatic heterocycles. The molecule has 154 valence electrons. The standard InChI is InChI=1S/C22H24N6O2/c1-3-30-19-10-8-17(9-11-19)23-14-18-12-20(29)28-22(25-18)26-21(27-28)24-13-16-6-4-15(2)5-7-16/h4-12,23H,3,13-14H2,1-2H3,(H2,24,25,26,27). The zero-order valence-corrected chi connectivity index (χ0v) is 17.0. The molecule has 0 aliphatic carbocycles. The van der Waals surface area contributed by atoms with E-state index in [4.69, 9.17) is 4.74 Å². The molecule has 8 heteroatoms. The highest BCUT2D eigenvalue weighted by Gasteiger charge is 2.08. The van der Waals surface area contributed by atoms with Gasteiger partial charge in [-0.15, -0.1) is 0 Å². The van der Waals surface area contributed by atoms with E-state index in [0.29, 0.717) is 37.1 Å². The highest BCUT2D eigenvalue weighted by atomic mass is 16.5. The number of H-pyrrole nitrogens is 1. The third-order valence-corrected chi connectivity index (χ3v) is 4.60. The van der Waals surface area contributed by atoms with Crippen LogP contribution in [-0.4, -0.2) is 26.2 Å². The van der Waals surface area contributed by atoms with Gasteiger partial charge < -0.3 is 15.4 Å². The van der Waals surface area contributed by atoms with Gasteiger partial charge in [0.1, 0.15) is 5.75 Å². The number of hydrogen-bond acceptors (Lipinski definition) is 6. The van der Waals surface area contributed by atoms with Crippen LogP contribution in [0.1, 0.15) is 23.7 Å². The average molecular weight is 404 g/mol. The number of nitrogens with zero attached hydrogens (tertiary/aromatic N) is 3. The molecule has 0 amide bonds. The Hall–Kier alpha value is -3.81. The first kappa shape index (κ1) is 19.5. The maximum Gasteiger partial charge on any atom is 0.274 e. The summed E-state index contributed by atoms with van der Waals surface area (Å²) >= 11 is 0. The number of ether oxygens (including phenoxy) is 1. The lowest BCUT2D eigenvalue weighted by molar-refractivity contribution is 0.340. The van der Waals surface area contributed by atoms with Crippen LogP contribution >= 0.6 is 0 Å². The lowest BCUT2D eigenvalue weighted by Crippen LogP contribution is -2.17. The van der Waals surface area contributed by atoms with E-state index in [1.807, 2.05) is 31.2 Å². The molecule has 0 bridgehead atoms. The largest absolute Gasteiger partial charge is 0.494 e. The Bertz CT molecular complexity index is 1180. The van der Waals surface area contributed by atoms with Crippen molar-refractivity contribution < 1.29 is 4.74 Å². The number of hydrogen-bond donors (Lipinski definition) is 3. The minimum absolute atomic E-state index is 0.209. The third kappa shape index (κ3) is 4.60. The monoisotopic (exact) mass is 404 g/mol. The van der Waals surface area contributed by atoms with Crippen LogP contribution in [0.25, 0.3) is 5.78 Å². The number of aromatic amines is 1. The molecule has 0 saturated heterocycles. The molecule has 4 rings (SSSR count). The van der Waals surface area contributed by atoms with E-state index in [-0.39, 0.29) is 5.56 Å². The Kier molecular flexibility index (Phi) is 5.65. The molecule has 2 heterocycles. The number of fused-ring (bicyclic) bond motifs is 1. The van der Waals surface area contributed by atoms with Gasteiger partial charge in [-0.3, -0.25) is 9.89 Å². The van der Waals surface area contributed by atoms with Crippen LogP contribution in [0.4, 0.5) is 11.6 Å². The van der Waals surface area contributed by atoms with E-state index in [1.165, 1.54) is 16.1 Å². The molecule has 0 spiro atoms. The predicted molar refractivity (Wildman–Crippen MR) is 117 cm³/mol. The fourth-order valence-corrected chi connectivity index (χ4v) is 3.02. The molecule has 4 aromatic rings. The van der Waals surface area contributed by atoms with Crippen LogP contribution in [-0.2, 0) is 13.1 Å². The summed E-state index contributed by atoms with van der Waals surface area (Å²) in [5, 5.41) is 9.41. The zero-order chi connectivity index (χ0) is 20.9. The van der Waals surface area contributed by atoms with Crippen molar-refractivity contribution in [3.63, 3.8) is 0 Å². The molecule has 8 nitrogen and oxygen atoms in total. The van der Waals surface area contributed by atoms with Crippen LogP contribution in [0, 0.1) is 6.92 Å². The lowest BCUT2D eigenvalue weighted by Gasteiger charge is -2.07. The average Bonchev–Trinajstić information content (AvgIpc) is 3.17. The maximum absolute atomic E-state index is 12.4. The van der Waals surface area contributed by atoms with Crippen LogP contribution in [0.5, 0.6) is 5.75 Å². The first-order valence-corrected chi connectivity index (χ1v) is 9.85. The van der Waals surface area contributed by atoms with E-state index in [9.17, 15) is 4.79 Å². The zero-order valence-electron chi connectivity index (χ0n) is 17.0. The second kappa shape index (κ2) is 8.69. The SMILES string of the molecule is CCOc1ccc(NCc2cc(=O)n3[nH]c(NCc4ccc(C)cc4)nc3n2)cc1. The summed E-state index contributed by atoms with van der Waals surface area (Å²) in [4.78, 5) is 21.3. The highest BCUT2D eigenvalue weighted by Crippen LogP contribution is 2.16. The normalized spacial score (nSPS) is 10.9. The Balaban J connectivity index is 1.43. The summed E-state index contributed by atoms with van der Waals surface area (Å²) in [6.07, 6.45) is 0. The smallest absolute Gasteiger partial charge is 0.274 e. The van der Waals surface area contributed by atoms with Crippen molar-refractivity contribution in [2.75, 3.05) is 17.2 Å². The maximum atomic E-state index is 12.4. The van der Waals surface area contributed by atoms with Crippen molar-refractivity contribution >= 4 is 17.4 Å². The van der Waals surface area contributed by atoms with E-state index in [2.05, 4.69) is 56.9 Å². The molecular formula is C22H24N6O2. The number of rotatable bonds is 8. The Morgan fingerprint density at radius 3 is 2.50 bits per heavy atom. The summed E-state index contributed by atoms with van der Waals surface area (Å²) in [5.74, 6) is 1.65. The molecule has 2 aromatic carbocycles.